The summed E-state index contributed by atoms with van der Waals surface area (Å²) in [5.74, 6) is -1.48. The Balaban J connectivity index is 1.94. The number of carboxylic acids is 1. The monoisotopic (exact) mass is 365 g/mol. The first kappa shape index (κ1) is 18.5. The molecule has 0 radical (unpaired) electrons. The molecule has 25 heavy (non-hydrogen) atoms. The zero-order chi connectivity index (χ0) is 18.2. The van der Waals surface area contributed by atoms with Crippen LogP contribution in [0.25, 0.3) is 0 Å². The molecule has 1 aliphatic rings. The van der Waals surface area contributed by atoms with Crippen LogP contribution < -0.4 is 10.1 Å². The highest BCUT2D eigenvalue weighted by Crippen LogP contribution is 2.22. The largest absolute Gasteiger partial charge is 0.482 e. The minimum Gasteiger partial charge on any atom is -0.482 e. The van der Waals surface area contributed by atoms with Crippen LogP contribution in [0, 0.1) is 0 Å². The van der Waals surface area contributed by atoms with Gasteiger partial charge in [-0.15, -0.1) is 5.10 Å². The van der Waals surface area contributed by atoms with Crippen molar-refractivity contribution in [3.8, 4) is 5.75 Å². The maximum Gasteiger partial charge on any atom is 0.343 e. The van der Waals surface area contributed by atoms with E-state index in [1.807, 2.05) is 0 Å². The van der Waals surface area contributed by atoms with Gasteiger partial charge in [0.15, 0.2) is 11.8 Å². The normalized spacial score (nSPS) is 18.4. The van der Waals surface area contributed by atoms with Crippen molar-refractivity contribution < 1.29 is 29.0 Å². The topological polar surface area (TPSA) is 127 Å². The molecule has 0 saturated carbocycles. The van der Waals surface area contributed by atoms with E-state index in [9.17, 15) is 14.4 Å². The first-order valence-corrected chi connectivity index (χ1v) is 7.96. The summed E-state index contributed by atoms with van der Waals surface area (Å²) in [7, 11) is 1.27. The van der Waals surface area contributed by atoms with Gasteiger partial charge in [0.2, 0.25) is 5.91 Å². The fraction of sp³-hybridized carbons (Fsp3) is 0.267. The summed E-state index contributed by atoms with van der Waals surface area (Å²) in [5, 5.41) is 18.4. The molecule has 1 heterocycles. The van der Waals surface area contributed by atoms with Crippen molar-refractivity contribution in [1.29, 1.82) is 0 Å². The molecule has 1 aromatic rings. The fourth-order valence-electron chi connectivity index (χ4n) is 1.78. The van der Waals surface area contributed by atoms with Crippen molar-refractivity contribution in [2.45, 2.75) is 11.7 Å². The molecule has 132 valence electrons. The Labute approximate surface area is 147 Å². The number of benzene rings is 1. The van der Waals surface area contributed by atoms with E-state index in [4.69, 9.17) is 9.84 Å². The molecule has 2 N–H and O–H groups in total. The fourth-order valence-corrected chi connectivity index (χ4v) is 2.69. The maximum atomic E-state index is 11.6. The summed E-state index contributed by atoms with van der Waals surface area (Å²) in [4.78, 5) is 33.3. The number of thioether (sulfide) groups is 1. The molecule has 1 aromatic carbocycles. The van der Waals surface area contributed by atoms with Gasteiger partial charge in [-0.2, -0.15) is 5.10 Å². The third-order valence-corrected chi connectivity index (χ3v) is 4.01. The Morgan fingerprint density at radius 1 is 1.44 bits per heavy atom. The lowest BCUT2D eigenvalue weighted by atomic mass is 10.2. The summed E-state index contributed by atoms with van der Waals surface area (Å²) in [5.41, 5.74) is 0.670. The number of carboxylic acid groups (broad SMARTS) is 1. The molecule has 0 spiro atoms. The number of hydrogen-bond donors (Lipinski definition) is 2. The molecule has 0 aliphatic carbocycles. The lowest BCUT2D eigenvalue weighted by Gasteiger charge is -2.04. The van der Waals surface area contributed by atoms with Gasteiger partial charge in [-0.1, -0.05) is 23.9 Å². The average molecular weight is 365 g/mol. The summed E-state index contributed by atoms with van der Waals surface area (Å²) in [6.45, 7) is -0.201. The predicted molar refractivity (Wildman–Crippen MR) is 90.8 cm³/mol. The van der Waals surface area contributed by atoms with Crippen LogP contribution in [0.2, 0.25) is 0 Å². The zero-order valence-electron chi connectivity index (χ0n) is 13.2. The number of amides is 1. The number of esters is 1. The van der Waals surface area contributed by atoms with Crippen LogP contribution >= 0.6 is 11.8 Å². The number of ether oxygens (including phenoxy) is 2. The molecule has 1 atom stereocenters. The molecule has 2 rings (SSSR count). The van der Waals surface area contributed by atoms with E-state index < -0.39 is 23.1 Å². The van der Waals surface area contributed by atoms with E-state index in [0.717, 1.165) is 11.8 Å². The SMILES string of the molecule is COC(=O)COc1cccc(C=NN=C2NC(=O)C(CC(=O)O)S2)c1. The Morgan fingerprint density at radius 3 is 2.96 bits per heavy atom. The van der Waals surface area contributed by atoms with Crippen molar-refractivity contribution in [1.82, 2.24) is 5.32 Å². The van der Waals surface area contributed by atoms with Crippen molar-refractivity contribution in [2.75, 3.05) is 13.7 Å². The second-order valence-corrected chi connectivity index (χ2v) is 5.97. The second kappa shape index (κ2) is 8.83. The molecule has 0 aromatic heterocycles. The third kappa shape index (κ3) is 5.92. The number of hydrogen-bond acceptors (Lipinski definition) is 8. The van der Waals surface area contributed by atoms with Crippen molar-refractivity contribution in [3.05, 3.63) is 29.8 Å². The highest BCUT2D eigenvalue weighted by Gasteiger charge is 2.32. The number of rotatable bonds is 7. The van der Waals surface area contributed by atoms with Crippen LogP contribution in [0.5, 0.6) is 5.75 Å². The van der Waals surface area contributed by atoms with Crippen LogP contribution in [0.4, 0.5) is 0 Å². The molecule has 1 saturated heterocycles. The minimum atomic E-state index is -1.05. The highest BCUT2D eigenvalue weighted by molar-refractivity contribution is 8.15. The lowest BCUT2D eigenvalue weighted by Crippen LogP contribution is -2.26. The van der Waals surface area contributed by atoms with Gasteiger partial charge in [0.1, 0.15) is 11.0 Å². The maximum absolute atomic E-state index is 11.6. The quantitative estimate of drug-likeness (QED) is 0.412. The number of nitrogens with one attached hydrogen (secondary N) is 1. The smallest absolute Gasteiger partial charge is 0.343 e. The third-order valence-electron chi connectivity index (χ3n) is 2.93. The Bertz CT molecular complexity index is 734. The van der Waals surface area contributed by atoms with Gasteiger partial charge in [-0.25, -0.2) is 4.79 Å². The van der Waals surface area contributed by atoms with Gasteiger partial charge in [0.25, 0.3) is 0 Å². The molecule has 1 unspecified atom stereocenters. The standard InChI is InChI=1S/C15H15N3O6S/c1-23-13(21)8-24-10-4-2-3-9(5-10)7-16-18-15-17-14(22)11(25-15)6-12(19)20/h2-5,7,11H,6,8H2,1H3,(H,19,20)(H,17,18,22). The van der Waals surface area contributed by atoms with E-state index in [1.165, 1.54) is 13.3 Å². The molecule has 10 heteroatoms. The van der Waals surface area contributed by atoms with Gasteiger partial charge in [-0.3, -0.25) is 9.59 Å². The lowest BCUT2D eigenvalue weighted by molar-refractivity contribution is -0.143. The van der Waals surface area contributed by atoms with Crippen molar-refractivity contribution >= 4 is 41.0 Å². The van der Waals surface area contributed by atoms with E-state index in [1.54, 1.807) is 24.3 Å². The van der Waals surface area contributed by atoms with E-state index >= 15 is 0 Å². The summed E-state index contributed by atoms with van der Waals surface area (Å²) in [6, 6.07) is 6.80. The molecule has 9 nitrogen and oxygen atoms in total. The van der Waals surface area contributed by atoms with Gasteiger partial charge >= 0.3 is 11.9 Å². The molecule has 0 bridgehead atoms. The summed E-state index contributed by atoms with van der Waals surface area (Å²) >= 11 is 1.02. The Kier molecular flexibility index (Phi) is 6.52. The van der Waals surface area contributed by atoms with E-state index in [-0.39, 0.29) is 18.2 Å². The number of carbonyl (C=O) groups is 3. The molecular weight excluding hydrogens is 350 g/mol. The van der Waals surface area contributed by atoms with Crippen LogP contribution in [0.15, 0.2) is 34.5 Å². The number of amidine groups is 1. The van der Waals surface area contributed by atoms with E-state index in [0.29, 0.717) is 11.3 Å². The highest BCUT2D eigenvalue weighted by atomic mass is 32.2. The minimum absolute atomic E-state index is 0.201. The number of carbonyl (C=O) groups excluding carboxylic acids is 2. The van der Waals surface area contributed by atoms with E-state index in [2.05, 4.69) is 20.3 Å². The predicted octanol–water partition coefficient (Wildman–Crippen LogP) is 0.635. The first-order valence-electron chi connectivity index (χ1n) is 7.08. The van der Waals surface area contributed by atoms with Crippen molar-refractivity contribution in [2.24, 2.45) is 10.2 Å². The first-order chi connectivity index (χ1) is 12.0. The Hall–Kier alpha value is -2.88. The second-order valence-electron chi connectivity index (χ2n) is 4.78. The van der Waals surface area contributed by atoms with Crippen molar-refractivity contribution in [3.63, 3.8) is 0 Å². The van der Waals surface area contributed by atoms with Crippen LogP contribution in [-0.2, 0) is 19.1 Å². The number of aliphatic carboxylic acids is 1. The summed E-state index contributed by atoms with van der Waals surface area (Å²) < 4.78 is 9.74. The number of nitrogens with zero attached hydrogens (tertiary/aromatic N) is 2. The molecule has 1 aliphatic heterocycles. The van der Waals surface area contributed by atoms with Gasteiger partial charge in [0.05, 0.1) is 19.7 Å². The van der Waals surface area contributed by atoms with Gasteiger partial charge < -0.3 is 19.9 Å². The molecule has 1 fully saturated rings. The van der Waals surface area contributed by atoms with Gasteiger partial charge in [-0.05, 0) is 17.7 Å². The molecular formula is C15H15N3O6S. The van der Waals surface area contributed by atoms with Crippen LogP contribution in [0.3, 0.4) is 0 Å². The van der Waals surface area contributed by atoms with Crippen LogP contribution in [-0.4, -0.2) is 53.3 Å². The molecule has 1 amide bonds. The average Bonchev–Trinajstić information content (AvgIpc) is 2.92. The zero-order valence-corrected chi connectivity index (χ0v) is 14.0. The van der Waals surface area contributed by atoms with Crippen LogP contribution in [0.1, 0.15) is 12.0 Å². The number of methoxy groups -OCH3 is 1. The van der Waals surface area contributed by atoms with Gasteiger partial charge in [0, 0.05) is 0 Å². The summed E-state index contributed by atoms with van der Waals surface area (Å²) in [6.07, 6.45) is 1.16. The Morgan fingerprint density at radius 2 is 2.24 bits per heavy atom.